The van der Waals surface area contributed by atoms with Gasteiger partial charge in [0.2, 0.25) is 0 Å². The predicted molar refractivity (Wildman–Crippen MR) is 93.2 cm³/mol. The summed E-state index contributed by atoms with van der Waals surface area (Å²) in [5, 5.41) is 7.32. The van der Waals surface area contributed by atoms with E-state index < -0.39 is 0 Å². The number of carbonyl (C=O) groups excluding carboxylic acids is 1. The summed E-state index contributed by atoms with van der Waals surface area (Å²) in [7, 11) is 1.67. The summed E-state index contributed by atoms with van der Waals surface area (Å²) in [6, 6.07) is 2.67. The van der Waals surface area contributed by atoms with E-state index in [0.29, 0.717) is 12.4 Å². The summed E-state index contributed by atoms with van der Waals surface area (Å²) in [4.78, 5) is 16.9. The van der Waals surface area contributed by atoms with Gasteiger partial charge in [0.1, 0.15) is 0 Å². The lowest BCUT2D eigenvalue weighted by atomic mass is 10.2. The third-order valence-electron chi connectivity index (χ3n) is 5.15. The number of hydrogen-bond acceptors (Lipinski definition) is 4. The molecule has 24 heavy (non-hydrogen) atoms. The van der Waals surface area contributed by atoms with Gasteiger partial charge >= 0.3 is 6.03 Å². The fourth-order valence-electron chi connectivity index (χ4n) is 3.72. The maximum atomic E-state index is 12.4. The lowest BCUT2D eigenvalue weighted by Crippen LogP contribution is -2.52. The first-order chi connectivity index (χ1) is 11.7. The first-order valence-corrected chi connectivity index (χ1v) is 9.01. The molecule has 1 aliphatic carbocycles. The number of nitrogens with zero attached hydrogens (tertiary/aromatic N) is 4. The van der Waals surface area contributed by atoms with Gasteiger partial charge in [0.25, 0.3) is 0 Å². The minimum Gasteiger partial charge on any atom is -0.382 e. The quantitative estimate of drug-likeness (QED) is 0.896. The normalized spacial score (nSPS) is 21.2. The molecule has 2 fully saturated rings. The van der Waals surface area contributed by atoms with E-state index in [1.54, 1.807) is 7.11 Å². The van der Waals surface area contributed by atoms with Crippen molar-refractivity contribution in [2.24, 2.45) is 0 Å². The van der Waals surface area contributed by atoms with Crippen LogP contribution in [0.2, 0.25) is 0 Å². The van der Waals surface area contributed by atoms with Crippen molar-refractivity contribution >= 4 is 11.8 Å². The minimum atomic E-state index is -0.0503. The second-order valence-corrected chi connectivity index (χ2v) is 6.88. The first-order valence-electron chi connectivity index (χ1n) is 9.01. The molecule has 1 N–H and O–H groups in total. The van der Waals surface area contributed by atoms with E-state index in [4.69, 9.17) is 4.74 Å². The summed E-state index contributed by atoms with van der Waals surface area (Å²) in [6.45, 7) is 6.18. The number of anilines is 1. The first kappa shape index (κ1) is 17.2. The molecule has 2 amide bonds. The van der Waals surface area contributed by atoms with Gasteiger partial charge in [-0.2, -0.15) is 5.10 Å². The third-order valence-corrected chi connectivity index (χ3v) is 5.15. The van der Waals surface area contributed by atoms with Crippen molar-refractivity contribution in [3.8, 4) is 0 Å². The minimum absolute atomic E-state index is 0.0503. The van der Waals surface area contributed by atoms with Crippen molar-refractivity contribution in [2.75, 3.05) is 45.2 Å². The van der Waals surface area contributed by atoms with E-state index in [1.165, 1.54) is 25.7 Å². The zero-order valence-corrected chi connectivity index (χ0v) is 14.8. The van der Waals surface area contributed by atoms with E-state index >= 15 is 0 Å². The summed E-state index contributed by atoms with van der Waals surface area (Å²) in [5.74, 6) is 0.598. The van der Waals surface area contributed by atoms with Crippen molar-refractivity contribution in [3.05, 3.63) is 12.3 Å². The number of carbonyl (C=O) groups is 1. The number of amides is 2. The highest BCUT2D eigenvalue weighted by Crippen LogP contribution is 2.24. The lowest BCUT2D eigenvalue weighted by Gasteiger charge is -2.37. The number of rotatable bonds is 5. The monoisotopic (exact) mass is 335 g/mol. The van der Waals surface area contributed by atoms with Crippen LogP contribution in [0.3, 0.4) is 0 Å². The summed E-state index contributed by atoms with van der Waals surface area (Å²) >= 11 is 0. The molecular weight excluding hydrogens is 306 g/mol. The molecule has 134 valence electrons. The van der Waals surface area contributed by atoms with E-state index in [9.17, 15) is 4.79 Å². The Morgan fingerprint density at radius 3 is 2.71 bits per heavy atom. The van der Waals surface area contributed by atoms with Crippen LogP contribution in [0.5, 0.6) is 0 Å². The number of aromatic nitrogens is 2. The standard InChI is InChI=1S/C17H29N5O2/c1-14(13-24-2)22-8-7-16(19-22)18-17(23)21-11-9-20(10-12-21)15-5-3-4-6-15/h7-8,14-15H,3-6,9-13H2,1-2H3,(H,18,19,23). The molecule has 7 heteroatoms. The van der Waals surface area contributed by atoms with Crippen LogP contribution in [-0.4, -0.2) is 71.5 Å². The van der Waals surface area contributed by atoms with Gasteiger partial charge in [0.15, 0.2) is 5.82 Å². The van der Waals surface area contributed by atoms with Crippen molar-refractivity contribution < 1.29 is 9.53 Å². The van der Waals surface area contributed by atoms with Crippen LogP contribution in [0, 0.1) is 0 Å². The van der Waals surface area contributed by atoms with E-state index in [1.807, 2.05) is 28.8 Å². The Balaban J connectivity index is 1.47. The summed E-state index contributed by atoms with van der Waals surface area (Å²) < 4.78 is 6.95. The average Bonchev–Trinajstić information content (AvgIpc) is 3.27. The molecule has 2 aliphatic rings. The maximum Gasteiger partial charge on any atom is 0.323 e. The van der Waals surface area contributed by atoms with Gasteiger partial charge < -0.3 is 9.64 Å². The highest BCUT2D eigenvalue weighted by Gasteiger charge is 2.28. The molecule has 1 saturated heterocycles. The number of urea groups is 1. The molecule has 7 nitrogen and oxygen atoms in total. The molecule has 1 unspecified atom stereocenters. The maximum absolute atomic E-state index is 12.4. The van der Waals surface area contributed by atoms with E-state index in [0.717, 1.165) is 32.2 Å². The van der Waals surface area contributed by atoms with Crippen LogP contribution < -0.4 is 5.32 Å². The number of hydrogen-bond donors (Lipinski definition) is 1. The van der Waals surface area contributed by atoms with Crippen molar-refractivity contribution in [2.45, 2.75) is 44.7 Å². The Kier molecular flexibility index (Phi) is 5.73. The fraction of sp³-hybridized carbons (Fsp3) is 0.765. The summed E-state index contributed by atoms with van der Waals surface area (Å²) in [5.41, 5.74) is 0. The molecule has 1 aromatic heterocycles. The number of piperazine rings is 1. The number of nitrogens with one attached hydrogen (secondary N) is 1. The lowest BCUT2D eigenvalue weighted by molar-refractivity contribution is 0.115. The van der Waals surface area contributed by atoms with Gasteiger partial charge in [-0.05, 0) is 19.8 Å². The highest BCUT2D eigenvalue weighted by molar-refractivity contribution is 5.88. The van der Waals surface area contributed by atoms with Crippen LogP contribution in [0.25, 0.3) is 0 Å². The number of methoxy groups -OCH3 is 1. The van der Waals surface area contributed by atoms with Crippen LogP contribution in [0.1, 0.15) is 38.6 Å². The molecule has 0 aromatic carbocycles. The largest absolute Gasteiger partial charge is 0.382 e. The number of ether oxygens (including phenoxy) is 1. The van der Waals surface area contributed by atoms with Crippen LogP contribution in [0.15, 0.2) is 12.3 Å². The van der Waals surface area contributed by atoms with Crippen LogP contribution in [-0.2, 0) is 4.74 Å². The molecule has 3 rings (SSSR count). The van der Waals surface area contributed by atoms with Crippen molar-refractivity contribution in [1.82, 2.24) is 19.6 Å². The zero-order valence-electron chi connectivity index (χ0n) is 14.8. The van der Waals surface area contributed by atoms with Gasteiger partial charge in [-0.3, -0.25) is 14.9 Å². The van der Waals surface area contributed by atoms with Gasteiger partial charge in [0.05, 0.1) is 12.6 Å². The van der Waals surface area contributed by atoms with Crippen molar-refractivity contribution in [3.63, 3.8) is 0 Å². The smallest absolute Gasteiger partial charge is 0.323 e. The van der Waals surface area contributed by atoms with Gasteiger partial charge in [-0.1, -0.05) is 12.8 Å². The molecule has 1 aromatic rings. The average molecular weight is 335 g/mol. The van der Waals surface area contributed by atoms with Gasteiger partial charge in [-0.15, -0.1) is 0 Å². The molecule has 1 saturated carbocycles. The Morgan fingerprint density at radius 2 is 2.04 bits per heavy atom. The van der Waals surface area contributed by atoms with Crippen LogP contribution in [0.4, 0.5) is 10.6 Å². The topological polar surface area (TPSA) is 62.6 Å². The second-order valence-electron chi connectivity index (χ2n) is 6.88. The van der Waals surface area contributed by atoms with Gasteiger partial charge in [-0.25, -0.2) is 4.79 Å². The Morgan fingerprint density at radius 1 is 1.33 bits per heavy atom. The molecule has 2 heterocycles. The van der Waals surface area contributed by atoms with Crippen LogP contribution >= 0.6 is 0 Å². The molecule has 1 aliphatic heterocycles. The molecule has 0 radical (unpaired) electrons. The van der Waals surface area contributed by atoms with Crippen molar-refractivity contribution in [1.29, 1.82) is 0 Å². The fourth-order valence-corrected chi connectivity index (χ4v) is 3.72. The SMILES string of the molecule is COCC(C)n1ccc(NC(=O)N2CCN(C3CCCC3)CC2)n1. The van der Waals surface area contributed by atoms with E-state index in [-0.39, 0.29) is 12.1 Å². The molecular formula is C17H29N5O2. The predicted octanol–water partition coefficient (Wildman–Crippen LogP) is 2.18. The highest BCUT2D eigenvalue weighted by atomic mass is 16.5. The Labute approximate surface area is 143 Å². The summed E-state index contributed by atoms with van der Waals surface area (Å²) in [6.07, 6.45) is 7.23. The third kappa shape index (κ3) is 4.08. The molecule has 0 spiro atoms. The zero-order chi connectivity index (χ0) is 16.9. The Bertz CT molecular complexity index is 533. The molecule has 0 bridgehead atoms. The second kappa shape index (κ2) is 7.98. The van der Waals surface area contributed by atoms with Gasteiger partial charge in [0, 0.05) is 51.6 Å². The molecule has 1 atom stereocenters. The Hall–Kier alpha value is -1.60. The van der Waals surface area contributed by atoms with E-state index in [2.05, 4.69) is 15.3 Å².